The number of carbonyl (C=O) groups excluding carboxylic acids is 1. The number of benzene rings is 1. The molecule has 1 fully saturated rings. The van der Waals surface area contributed by atoms with Crippen LogP contribution >= 0.6 is 0 Å². The lowest BCUT2D eigenvalue weighted by Gasteiger charge is -2.34. The second kappa shape index (κ2) is 6.27. The van der Waals surface area contributed by atoms with Crippen LogP contribution in [0.15, 0.2) is 36.9 Å². The van der Waals surface area contributed by atoms with Gasteiger partial charge in [-0.25, -0.2) is 9.67 Å². The highest BCUT2D eigenvalue weighted by atomic mass is 16.2. The molecule has 1 saturated heterocycles. The summed E-state index contributed by atoms with van der Waals surface area (Å²) in [6, 6.07) is 7.60. The zero-order chi connectivity index (χ0) is 15.5. The Hall–Kier alpha value is -2.21. The van der Waals surface area contributed by atoms with Gasteiger partial charge in [-0.1, -0.05) is 6.07 Å². The Morgan fingerprint density at radius 2 is 2.32 bits per heavy atom. The first-order valence-electron chi connectivity index (χ1n) is 7.65. The SMILES string of the molecule is C[C@H](N)[C@H]1CCCN(C(=O)c2cccc(-n3cncn3)c2)C1. The van der Waals surface area contributed by atoms with Gasteiger partial charge >= 0.3 is 0 Å². The van der Waals surface area contributed by atoms with Crippen LogP contribution in [0.1, 0.15) is 30.1 Å². The molecule has 0 bridgehead atoms. The molecular weight excluding hydrogens is 278 g/mol. The highest BCUT2D eigenvalue weighted by molar-refractivity contribution is 5.94. The van der Waals surface area contributed by atoms with Crippen molar-refractivity contribution in [1.82, 2.24) is 19.7 Å². The monoisotopic (exact) mass is 299 g/mol. The number of hydrogen-bond donors (Lipinski definition) is 1. The molecule has 0 radical (unpaired) electrons. The molecule has 2 N–H and O–H groups in total. The lowest BCUT2D eigenvalue weighted by atomic mass is 9.92. The molecule has 1 aliphatic rings. The minimum Gasteiger partial charge on any atom is -0.338 e. The van der Waals surface area contributed by atoms with Crippen LogP contribution in [0, 0.1) is 5.92 Å². The summed E-state index contributed by atoms with van der Waals surface area (Å²) >= 11 is 0. The van der Waals surface area contributed by atoms with Gasteiger partial charge in [0.2, 0.25) is 0 Å². The Morgan fingerprint density at radius 1 is 1.45 bits per heavy atom. The molecule has 1 aliphatic heterocycles. The standard InChI is InChI=1S/C16H21N5O/c1-12(17)14-5-3-7-20(9-14)16(22)13-4-2-6-15(8-13)21-11-18-10-19-21/h2,4,6,8,10-12,14H,3,5,7,9,17H2,1H3/t12-,14-/m0/s1. The maximum atomic E-state index is 12.7. The second-order valence-corrected chi connectivity index (χ2v) is 5.90. The molecule has 6 heteroatoms. The lowest BCUT2D eigenvalue weighted by Crippen LogP contribution is -2.45. The van der Waals surface area contributed by atoms with E-state index in [4.69, 9.17) is 5.73 Å². The molecule has 1 amide bonds. The van der Waals surface area contributed by atoms with E-state index in [1.165, 1.54) is 6.33 Å². The highest BCUT2D eigenvalue weighted by Gasteiger charge is 2.26. The van der Waals surface area contributed by atoms with Gasteiger partial charge in [0, 0.05) is 24.7 Å². The van der Waals surface area contributed by atoms with Crippen molar-refractivity contribution in [1.29, 1.82) is 0 Å². The Bertz CT molecular complexity index is 638. The van der Waals surface area contributed by atoms with Crippen molar-refractivity contribution in [2.24, 2.45) is 11.7 Å². The Kier molecular flexibility index (Phi) is 4.20. The third-order valence-electron chi connectivity index (χ3n) is 4.27. The summed E-state index contributed by atoms with van der Waals surface area (Å²) in [5, 5.41) is 4.10. The van der Waals surface area contributed by atoms with Crippen LogP contribution in [0.2, 0.25) is 0 Å². The molecule has 1 aromatic heterocycles. The number of rotatable bonds is 3. The predicted molar refractivity (Wildman–Crippen MR) is 83.6 cm³/mol. The first-order valence-corrected chi connectivity index (χ1v) is 7.65. The minimum atomic E-state index is 0.0623. The number of aromatic nitrogens is 3. The summed E-state index contributed by atoms with van der Waals surface area (Å²) in [5.74, 6) is 0.448. The molecular formula is C16H21N5O. The number of likely N-dealkylation sites (tertiary alicyclic amines) is 1. The molecule has 0 spiro atoms. The van der Waals surface area contributed by atoms with E-state index in [9.17, 15) is 4.79 Å². The molecule has 22 heavy (non-hydrogen) atoms. The molecule has 0 saturated carbocycles. The first-order chi connectivity index (χ1) is 10.6. The van der Waals surface area contributed by atoms with E-state index in [1.807, 2.05) is 36.1 Å². The van der Waals surface area contributed by atoms with Crippen molar-refractivity contribution in [3.63, 3.8) is 0 Å². The number of nitrogens with zero attached hydrogens (tertiary/aromatic N) is 4. The van der Waals surface area contributed by atoms with Gasteiger partial charge in [0.25, 0.3) is 5.91 Å². The number of piperidine rings is 1. The van der Waals surface area contributed by atoms with Crippen molar-refractivity contribution < 1.29 is 4.79 Å². The molecule has 6 nitrogen and oxygen atoms in total. The molecule has 2 aromatic rings. The maximum absolute atomic E-state index is 12.7. The largest absolute Gasteiger partial charge is 0.338 e. The Morgan fingerprint density at radius 3 is 3.05 bits per heavy atom. The topological polar surface area (TPSA) is 77.0 Å². The van der Waals surface area contributed by atoms with Gasteiger partial charge in [-0.15, -0.1) is 0 Å². The molecule has 1 aromatic carbocycles. The van der Waals surface area contributed by atoms with Gasteiger partial charge in [0.05, 0.1) is 5.69 Å². The first kappa shape index (κ1) is 14.7. The fraction of sp³-hybridized carbons (Fsp3) is 0.438. The van der Waals surface area contributed by atoms with E-state index >= 15 is 0 Å². The molecule has 0 aliphatic carbocycles. The number of hydrogen-bond acceptors (Lipinski definition) is 4. The van der Waals surface area contributed by atoms with Gasteiger partial charge in [0.15, 0.2) is 0 Å². The summed E-state index contributed by atoms with van der Waals surface area (Å²) in [7, 11) is 0. The summed E-state index contributed by atoms with van der Waals surface area (Å²) < 4.78 is 1.65. The third kappa shape index (κ3) is 3.01. The Balaban J connectivity index is 1.79. The van der Waals surface area contributed by atoms with Crippen LogP contribution in [0.4, 0.5) is 0 Å². The summed E-state index contributed by atoms with van der Waals surface area (Å²) in [6.07, 6.45) is 5.21. The quantitative estimate of drug-likeness (QED) is 0.931. The molecule has 3 rings (SSSR count). The minimum absolute atomic E-state index is 0.0623. The van der Waals surface area contributed by atoms with Gasteiger partial charge in [-0.2, -0.15) is 5.10 Å². The highest BCUT2D eigenvalue weighted by Crippen LogP contribution is 2.21. The third-order valence-corrected chi connectivity index (χ3v) is 4.27. The van der Waals surface area contributed by atoms with E-state index in [1.54, 1.807) is 11.0 Å². The van der Waals surface area contributed by atoms with E-state index in [-0.39, 0.29) is 11.9 Å². The van der Waals surface area contributed by atoms with Crippen molar-refractivity contribution in [3.05, 3.63) is 42.5 Å². The average molecular weight is 299 g/mol. The normalized spacial score (nSPS) is 19.9. The summed E-state index contributed by atoms with van der Waals surface area (Å²) in [6.45, 7) is 3.56. The zero-order valence-corrected chi connectivity index (χ0v) is 12.7. The van der Waals surface area contributed by atoms with Gasteiger partial charge < -0.3 is 10.6 Å². The lowest BCUT2D eigenvalue weighted by molar-refractivity contribution is 0.0661. The Labute approximate surface area is 129 Å². The predicted octanol–water partition coefficient (Wildman–Crippen LogP) is 1.47. The van der Waals surface area contributed by atoms with Crippen LogP contribution in [0.3, 0.4) is 0 Å². The molecule has 2 atom stereocenters. The van der Waals surface area contributed by atoms with E-state index < -0.39 is 0 Å². The fourth-order valence-electron chi connectivity index (χ4n) is 2.93. The smallest absolute Gasteiger partial charge is 0.253 e. The maximum Gasteiger partial charge on any atom is 0.253 e. The number of carbonyl (C=O) groups is 1. The van der Waals surface area contributed by atoms with Gasteiger partial charge in [-0.05, 0) is 43.9 Å². The van der Waals surface area contributed by atoms with Crippen molar-refractivity contribution in [2.45, 2.75) is 25.8 Å². The molecule has 2 heterocycles. The van der Waals surface area contributed by atoms with Crippen LogP contribution in [0.25, 0.3) is 5.69 Å². The van der Waals surface area contributed by atoms with Crippen molar-refractivity contribution in [3.8, 4) is 5.69 Å². The van der Waals surface area contributed by atoms with E-state index in [2.05, 4.69) is 10.1 Å². The molecule has 0 unspecified atom stereocenters. The summed E-state index contributed by atoms with van der Waals surface area (Å²) in [4.78, 5) is 18.6. The van der Waals surface area contributed by atoms with Crippen molar-refractivity contribution >= 4 is 5.91 Å². The number of nitrogens with two attached hydrogens (primary N) is 1. The fourth-order valence-corrected chi connectivity index (χ4v) is 2.93. The van der Waals surface area contributed by atoms with Crippen LogP contribution in [0.5, 0.6) is 0 Å². The van der Waals surface area contributed by atoms with E-state index in [0.717, 1.165) is 31.6 Å². The average Bonchev–Trinajstić information content (AvgIpc) is 3.09. The van der Waals surface area contributed by atoms with Crippen LogP contribution < -0.4 is 5.73 Å². The zero-order valence-electron chi connectivity index (χ0n) is 12.7. The second-order valence-electron chi connectivity index (χ2n) is 5.90. The molecule has 116 valence electrons. The van der Waals surface area contributed by atoms with Gasteiger partial charge in [-0.3, -0.25) is 4.79 Å². The summed E-state index contributed by atoms with van der Waals surface area (Å²) in [5.41, 5.74) is 7.52. The van der Waals surface area contributed by atoms with Crippen LogP contribution in [-0.2, 0) is 0 Å². The van der Waals surface area contributed by atoms with Crippen LogP contribution in [-0.4, -0.2) is 44.7 Å². The van der Waals surface area contributed by atoms with Gasteiger partial charge in [0.1, 0.15) is 12.7 Å². The van der Waals surface area contributed by atoms with Crippen molar-refractivity contribution in [2.75, 3.05) is 13.1 Å². The number of amides is 1. The van der Waals surface area contributed by atoms with E-state index in [0.29, 0.717) is 11.5 Å².